The molecule has 2 aromatic carbocycles. The van der Waals surface area contributed by atoms with E-state index >= 15 is 0 Å². The molecule has 0 N–H and O–H groups in total. The Balaban J connectivity index is 1.61. The molecular formula is C27H31NO5S2. The van der Waals surface area contributed by atoms with Crippen LogP contribution < -0.4 is 9.47 Å². The van der Waals surface area contributed by atoms with Gasteiger partial charge in [-0.25, -0.2) is 0 Å². The lowest BCUT2D eigenvalue weighted by Gasteiger charge is -2.14. The van der Waals surface area contributed by atoms with Gasteiger partial charge in [0.25, 0.3) is 5.91 Å². The highest BCUT2D eigenvalue weighted by molar-refractivity contribution is 8.26. The molecule has 0 spiro atoms. The van der Waals surface area contributed by atoms with Crippen LogP contribution in [0.4, 0.5) is 0 Å². The number of thioether (sulfide) groups is 1. The monoisotopic (exact) mass is 513 g/mol. The van der Waals surface area contributed by atoms with Crippen LogP contribution in [-0.2, 0) is 20.7 Å². The predicted molar refractivity (Wildman–Crippen MR) is 144 cm³/mol. The van der Waals surface area contributed by atoms with Gasteiger partial charge in [-0.15, -0.1) is 0 Å². The molecule has 1 aliphatic heterocycles. The van der Waals surface area contributed by atoms with Crippen LogP contribution in [0.1, 0.15) is 44.2 Å². The van der Waals surface area contributed by atoms with Crippen LogP contribution in [0.2, 0.25) is 0 Å². The minimum Gasteiger partial charge on any atom is -0.490 e. The zero-order chi connectivity index (χ0) is 25.0. The fraction of sp³-hybridized carbons (Fsp3) is 0.370. The molecule has 0 saturated carbocycles. The third-order valence-electron chi connectivity index (χ3n) is 5.16. The summed E-state index contributed by atoms with van der Waals surface area (Å²) >= 11 is 6.67. The lowest BCUT2D eigenvalue weighted by molar-refractivity contribution is -0.144. The van der Waals surface area contributed by atoms with E-state index in [1.807, 2.05) is 56.3 Å². The molecule has 1 heterocycles. The van der Waals surface area contributed by atoms with Gasteiger partial charge >= 0.3 is 5.97 Å². The van der Waals surface area contributed by atoms with Crippen LogP contribution in [-0.4, -0.2) is 47.5 Å². The molecule has 1 amide bonds. The number of benzene rings is 2. The molecule has 3 rings (SSSR count). The van der Waals surface area contributed by atoms with Crippen molar-refractivity contribution in [1.82, 2.24) is 4.90 Å². The van der Waals surface area contributed by atoms with Crippen LogP contribution in [0.15, 0.2) is 53.4 Å². The first-order valence-corrected chi connectivity index (χ1v) is 13.1. The van der Waals surface area contributed by atoms with E-state index in [0.717, 1.165) is 18.4 Å². The van der Waals surface area contributed by atoms with Crippen LogP contribution in [0, 0.1) is 0 Å². The van der Waals surface area contributed by atoms with Crippen molar-refractivity contribution < 1.29 is 23.8 Å². The van der Waals surface area contributed by atoms with Crippen LogP contribution >= 0.6 is 24.0 Å². The predicted octanol–water partition coefficient (Wildman–Crippen LogP) is 5.64. The Bertz CT molecular complexity index is 1050. The number of esters is 1. The minimum absolute atomic E-state index is 0.150. The van der Waals surface area contributed by atoms with Crippen LogP contribution in [0.25, 0.3) is 6.08 Å². The number of hydrogen-bond acceptors (Lipinski definition) is 7. The van der Waals surface area contributed by atoms with Gasteiger partial charge in [0.2, 0.25) is 0 Å². The molecule has 1 fully saturated rings. The van der Waals surface area contributed by atoms with Crippen molar-refractivity contribution in [2.45, 2.75) is 39.5 Å². The van der Waals surface area contributed by atoms with Gasteiger partial charge in [0.15, 0.2) is 11.5 Å². The SMILES string of the molecule is CCCOC(=O)CCCN1C(=O)/C(=C/c2ccc(OCCc3ccccc3)c(OCC)c2)SC1=S. The lowest BCUT2D eigenvalue weighted by Crippen LogP contribution is -2.29. The summed E-state index contributed by atoms with van der Waals surface area (Å²) in [6.07, 6.45) is 4.17. The Morgan fingerprint density at radius 1 is 1.06 bits per heavy atom. The van der Waals surface area contributed by atoms with Crippen LogP contribution in [0.3, 0.4) is 0 Å². The minimum atomic E-state index is -0.248. The average Bonchev–Trinajstić information content (AvgIpc) is 3.12. The highest BCUT2D eigenvalue weighted by atomic mass is 32.2. The van der Waals surface area contributed by atoms with Crippen molar-refractivity contribution in [3.05, 3.63) is 64.6 Å². The number of thiocarbonyl (C=S) groups is 1. The molecule has 0 radical (unpaired) electrons. The molecule has 0 aromatic heterocycles. The van der Waals surface area contributed by atoms with Gasteiger partial charge < -0.3 is 14.2 Å². The topological polar surface area (TPSA) is 65.1 Å². The number of nitrogens with zero attached hydrogens (tertiary/aromatic N) is 1. The van der Waals surface area contributed by atoms with Gasteiger partial charge in [-0.1, -0.05) is 67.3 Å². The third kappa shape index (κ3) is 8.11. The Kier molecular flexibility index (Phi) is 10.6. The number of hydrogen-bond donors (Lipinski definition) is 0. The fourth-order valence-electron chi connectivity index (χ4n) is 3.44. The maximum absolute atomic E-state index is 12.9. The average molecular weight is 514 g/mol. The summed E-state index contributed by atoms with van der Waals surface area (Å²) in [7, 11) is 0. The van der Waals surface area contributed by atoms with E-state index in [9.17, 15) is 9.59 Å². The van der Waals surface area contributed by atoms with Crippen molar-refractivity contribution in [3.8, 4) is 11.5 Å². The van der Waals surface area contributed by atoms with E-state index in [1.165, 1.54) is 17.3 Å². The molecule has 0 atom stereocenters. The van der Waals surface area contributed by atoms with Crippen molar-refractivity contribution in [2.24, 2.45) is 0 Å². The number of amides is 1. The summed E-state index contributed by atoms with van der Waals surface area (Å²) in [5.74, 6) is 0.906. The first-order chi connectivity index (χ1) is 17.0. The summed E-state index contributed by atoms with van der Waals surface area (Å²) in [6, 6.07) is 15.8. The second-order valence-corrected chi connectivity index (χ2v) is 9.56. The van der Waals surface area contributed by atoms with E-state index in [2.05, 4.69) is 12.1 Å². The number of rotatable bonds is 13. The molecule has 2 aromatic rings. The van der Waals surface area contributed by atoms with Crippen molar-refractivity contribution >= 4 is 46.3 Å². The van der Waals surface area contributed by atoms with E-state index in [0.29, 0.717) is 53.5 Å². The Labute approximate surface area is 216 Å². The first kappa shape index (κ1) is 26.8. The Hall–Kier alpha value is -2.84. The molecule has 0 unspecified atom stereocenters. The summed E-state index contributed by atoms with van der Waals surface area (Å²) in [5.41, 5.74) is 2.04. The van der Waals surface area contributed by atoms with Crippen molar-refractivity contribution in [2.75, 3.05) is 26.4 Å². The van der Waals surface area contributed by atoms with Crippen LogP contribution in [0.5, 0.6) is 11.5 Å². The Morgan fingerprint density at radius 3 is 2.60 bits per heavy atom. The summed E-state index contributed by atoms with van der Waals surface area (Å²) in [5, 5.41) is 0. The summed E-state index contributed by atoms with van der Waals surface area (Å²) in [6.45, 7) is 5.72. The second kappa shape index (κ2) is 13.9. The standard InChI is InChI=1S/C27H31NO5S2/c1-3-16-33-25(29)11-8-15-28-26(30)24(35-27(28)34)19-21-12-13-22(23(18-21)31-4-2)32-17-14-20-9-6-5-7-10-20/h5-7,9-10,12-13,18-19H,3-4,8,11,14-17H2,1-2H3/b24-19-. The molecule has 8 heteroatoms. The molecule has 0 bridgehead atoms. The van der Waals surface area contributed by atoms with E-state index in [4.69, 9.17) is 26.4 Å². The van der Waals surface area contributed by atoms with Gasteiger partial charge in [0.1, 0.15) is 4.32 Å². The zero-order valence-electron chi connectivity index (χ0n) is 20.2. The van der Waals surface area contributed by atoms with E-state index in [-0.39, 0.29) is 18.3 Å². The van der Waals surface area contributed by atoms with E-state index in [1.54, 1.807) is 4.90 Å². The maximum atomic E-state index is 12.9. The van der Waals surface area contributed by atoms with Gasteiger partial charge in [0, 0.05) is 19.4 Å². The van der Waals surface area contributed by atoms with Crippen molar-refractivity contribution in [1.29, 1.82) is 0 Å². The summed E-state index contributed by atoms with van der Waals surface area (Å²) < 4.78 is 17.3. The van der Waals surface area contributed by atoms with Crippen molar-refractivity contribution in [3.63, 3.8) is 0 Å². The number of carbonyl (C=O) groups excluding carboxylic acids is 2. The lowest BCUT2D eigenvalue weighted by atomic mass is 10.1. The largest absolute Gasteiger partial charge is 0.490 e. The second-order valence-electron chi connectivity index (χ2n) is 7.88. The van der Waals surface area contributed by atoms with Gasteiger partial charge in [-0.05, 0) is 49.1 Å². The maximum Gasteiger partial charge on any atom is 0.305 e. The fourth-order valence-corrected chi connectivity index (χ4v) is 4.75. The summed E-state index contributed by atoms with van der Waals surface area (Å²) in [4.78, 5) is 26.7. The molecule has 35 heavy (non-hydrogen) atoms. The van der Waals surface area contributed by atoms with Gasteiger partial charge in [0.05, 0.1) is 24.7 Å². The molecule has 1 saturated heterocycles. The smallest absolute Gasteiger partial charge is 0.305 e. The highest BCUT2D eigenvalue weighted by Crippen LogP contribution is 2.35. The normalized spacial score (nSPS) is 14.5. The number of carbonyl (C=O) groups is 2. The Morgan fingerprint density at radius 2 is 1.86 bits per heavy atom. The zero-order valence-corrected chi connectivity index (χ0v) is 21.8. The van der Waals surface area contributed by atoms with Gasteiger partial charge in [-0.3, -0.25) is 14.5 Å². The molecule has 1 aliphatic rings. The molecule has 0 aliphatic carbocycles. The third-order valence-corrected chi connectivity index (χ3v) is 6.54. The first-order valence-electron chi connectivity index (χ1n) is 11.9. The van der Waals surface area contributed by atoms with Gasteiger partial charge in [-0.2, -0.15) is 0 Å². The quantitative estimate of drug-likeness (QED) is 0.195. The molecule has 6 nitrogen and oxygen atoms in total. The highest BCUT2D eigenvalue weighted by Gasteiger charge is 2.31. The molecular weight excluding hydrogens is 482 g/mol. The number of ether oxygens (including phenoxy) is 3. The van der Waals surface area contributed by atoms with E-state index < -0.39 is 0 Å². The molecule has 186 valence electrons.